The Labute approximate surface area is 302 Å². The molecule has 0 spiro atoms. The third kappa shape index (κ3) is 10.5. The molecule has 4 N–H and O–H groups in total. The predicted molar refractivity (Wildman–Crippen MR) is 187 cm³/mol. The number of nitrogens with one attached hydrogen (secondary N) is 3. The number of ether oxygens (including phenoxy) is 3. The van der Waals surface area contributed by atoms with Crippen molar-refractivity contribution >= 4 is 45.2 Å². The Kier molecular flexibility index (Phi) is 13.6. The second kappa shape index (κ2) is 17.9. The molecular formula is C35H47FN4O11S. The van der Waals surface area contributed by atoms with E-state index in [1.807, 2.05) is 0 Å². The van der Waals surface area contributed by atoms with Crippen LogP contribution in [0.15, 0.2) is 18.2 Å². The summed E-state index contributed by atoms with van der Waals surface area (Å²) in [5, 5.41) is 15.3. The van der Waals surface area contributed by atoms with Crippen LogP contribution in [0.5, 0.6) is 0 Å². The van der Waals surface area contributed by atoms with Gasteiger partial charge in [0, 0.05) is 66.8 Å². The van der Waals surface area contributed by atoms with Gasteiger partial charge in [0.25, 0.3) is 27.8 Å². The predicted octanol–water partition coefficient (Wildman–Crippen LogP) is 2.19. The van der Waals surface area contributed by atoms with E-state index in [9.17, 15) is 27.2 Å². The molecule has 52 heavy (non-hydrogen) atoms. The molecule has 6 heterocycles. The summed E-state index contributed by atoms with van der Waals surface area (Å²) in [5.41, 5.74) is 3.45. The Balaban J connectivity index is 0.000000237. The minimum Gasteiger partial charge on any atom is -0.396 e. The van der Waals surface area contributed by atoms with Gasteiger partial charge in [0.1, 0.15) is 18.5 Å². The summed E-state index contributed by atoms with van der Waals surface area (Å²) in [5.74, 6) is -0.571. The van der Waals surface area contributed by atoms with Crippen LogP contribution in [0.3, 0.4) is 0 Å². The molecule has 5 aliphatic heterocycles. The highest BCUT2D eigenvalue weighted by molar-refractivity contribution is 7.85. The number of aliphatic hydroxyl groups excluding tert-OH is 1. The number of hydroxylamine groups is 2. The minimum absolute atomic E-state index is 0.0695. The van der Waals surface area contributed by atoms with Crippen molar-refractivity contribution in [1.82, 2.24) is 15.4 Å². The number of rotatable bonds is 9. The first-order valence-corrected chi connectivity index (χ1v) is 19.1. The number of aromatic amines is 1. The second-order valence-corrected chi connectivity index (χ2v) is 15.1. The topological polar surface area (TPSA) is 195 Å². The lowest BCUT2D eigenvalue weighted by molar-refractivity contribution is -0.164. The number of aliphatic hydroxyl groups is 1. The largest absolute Gasteiger partial charge is 0.396 e. The van der Waals surface area contributed by atoms with Crippen molar-refractivity contribution in [3.05, 3.63) is 52.1 Å². The molecule has 2 aromatic rings. The molecule has 1 aromatic carbocycles. The highest BCUT2D eigenvalue weighted by Gasteiger charge is 2.37. The number of amides is 3. The number of hydrogen-bond donors (Lipinski definition) is 4. The zero-order valence-electron chi connectivity index (χ0n) is 29.6. The third-order valence-electron chi connectivity index (χ3n) is 9.27. The number of H-pyrrole nitrogens is 1. The molecule has 1 aromatic heterocycles. The van der Waals surface area contributed by atoms with E-state index < -0.39 is 27.9 Å². The van der Waals surface area contributed by atoms with Crippen LogP contribution in [0, 0.1) is 37.4 Å². The number of hydrogen-bond acceptors (Lipinski definition) is 11. The molecule has 7 rings (SSSR count). The summed E-state index contributed by atoms with van der Waals surface area (Å²) in [6.45, 7) is 8.78. The molecule has 0 bridgehead atoms. The first-order valence-electron chi connectivity index (χ1n) is 17.3. The zero-order chi connectivity index (χ0) is 37.4. The Morgan fingerprint density at radius 2 is 1.69 bits per heavy atom. The Hall–Kier alpha value is -3.71. The number of halogens is 1. The van der Waals surface area contributed by atoms with Gasteiger partial charge in [-0.15, -0.1) is 0 Å². The van der Waals surface area contributed by atoms with Gasteiger partial charge >= 0.3 is 0 Å². The van der Waals surface area contributed by atoms with Gasteiger partial charge in [0.15, 0.2) is 0 Å². The van der Waals surface area contributed by atoms with Gasteiger partial charge < -0.3 is 34.9 Å². The molecule has 3 amide bonds. The molecule has 4 saturated heterocycles. The summed E-state index contributed by atoms with van der Waals surface area (Å²) in [4.78, 5) is 46.8. The fraction of sp³-hybridized carbons (Fsp3) is 0.571. The van der Waals surface area contributed by atoms with Crippen molar-refractivity contribution in [2.75, 3.05) is 77.6 Å². The fourth-order valence-corrected chi connectivity index (χ4v) is 6.72. The van der Waals surface area contributed by atoms with Crippen molar-refractivity contribution in [3.63, 3.8) is 0 Å². The Morgan fingerprint density at radius 1 is 1.04 bits per heavy atom. The first-order chi connectivity index (χ1) is 24.8. The van der Waals surface area contributed by atoms with Crippen LogP contribution in [0.2, 0.25) is 0 Å². The van der Waals surface area contributed by atoms with Crippen molar-refractivity contribution in [1.29, 1.82) is 0 Å². The standard InChI is InChI=1S/C24H25FN4O5.C6H12O4S.C5H10O2/c1-12-19(8-17-16-7-15(25)3-4-18(16)27-22(17)30)26-13(2)21(12)23(31)28-20-11-34-29(24(20)32)9-14-5-6-33-10-14;1-11(7,8)10-5-6-2-3-9-4-6;6-3-5-1-2-7-4-5/h3-4,7-8,14,20,26H,5-6,9-11H2,1-2H3,(H,27,30)(H,28,31);6H,2-5H2,1H3;5-6H,1-4H2/b17-8-;;/t14?,20-;;/m1../s1. The fourth-order valence-electron chi connectivity index (χ4n) is 6.28. The van der Waals surface area contributed by atoms with Gasteiger partial charge in [0.05, 0.1) is 50.4 Å². The number of aromatic nitrogens is 1. The van der Waals surface area contributed by atoms with Gasteiger partial charge in [-0.25, -0.2) is 9.45 Å². The average molecular weight is 751 g/mol. The minimum atomic E-state index is -3.27. The lowest BCUT2D eigenvalue weighted by Gasteiger charge is -2.18. The molecule has 286 valence electrons. The van der Waals surface area contributed by atoms with Crippen LogP contribution in [-0.2, 0) is 42.9 Å². The molecule has 0 aliphatic carbocycles. The quantitative estimate of drug-likeness (QED) is 0.217. The highest BCUT2D eigenvalue weighted by Crippen LogP contribution is 2.34. The first kappa shape index (κ1) is 39.5. The van der Waals surface area contributed by atoms with Crippen LogP contribution in [0.1, 0.15) is 52.1 Å². The number of carbonyl (C=O) groups excluding carboxylic acids is 3. The van der Waals surface area contributed by atoms with Gasteiger partial charge in [0.2, 0.25) is 0 Å². The lowest BCUT2D eigenvalue weighted by Crippen LogP contribution is -2.43. The Morgan fingerprint density at radius 3 is 2.29 bits per heavy atom. The van der Waals surface area contributed by atoms with Crippen molar-refractivity contribution in [2.24, 2.45) is 17.8 Å². The number of nitrogens with zero attached hydrogens (tertiary/aromatic N) is 1. The maximum atomic E-state index is 13.7. The molecule has 0 saturated carbocycles. The van der Waals surface area contributed by atoms with Crippen LogP contribution in [0.25, 0.3) is 11.6 Å². The monoisotopic (exact) mass is 750 g/mol. The normalized spacial score (nSPS) is 24.7. The van der Waals surface area contributed by atoms with E-state index in [0.29, 0.717) is 78.2 Å². The van der Waals surface area contributed by atoms with Crippen molar-refractivity contribution in [2.45, 2.75) is 39.2 Å². The van der Waals surface area contributed by atoms with E-state index in [1.54, 1.807) is 19.9 Å². The van der Waals surface area contributed by atoms with Crippen LogP contribution in [-0.4, -0.2) is 120 Å². The zero-order valence-corrected chi connectivity index (χ0v) is 30.4. The lowest BCUT2D eigenvalue weighted by atomic mass is 10.0. The van der Waals surface area contributed by atoms with Gasteiger partial charge in [-0.3, -0.25) is 23.4 Å². The molecule has 15 nitrogen and oxygen atoms in total. The van der Waals surface area contributed by atoms with Gasteiger partial charge in [-0.05, 0) is 62.9 Å². The van der Waals surface area contributed by atoms with Crippen LogP contribution in [0.4, 0.5) is 10.1 Å². The van der Waals surface area contributed by atoms with Crippen molar-refractivity contribution in [3.8, 4) is 0 Å². The summed E-state index contributed by atoms with van der Waals surface area (Å²) in [6.07, 6.45) is 5.48. The molecule has 0 radical (unpaired) electrons. The smallest absolute Gasteiger partial charge is 0.271 e. The van der Waals surface area contributed by atoms with Crippen LogP contribution < -0.4 is 10.6 Å². The maximum absolute atomic E-state index is 13.7. The molecular weight excluding hydrogens is 703 g/mol. The SMILES string of the molecule is CS(=O)(=O)OCC1CCOC1.Cc1[nH]c(/C=C2\C(=O)Nc3ccc(F)cc32)c(C)c1C(=O)N[C@@H]1CON(CC2CCOC2)C1=O.OCC1CCOC1. The number of aryl methyl sites for hydroxylation is 1. The third-order valence-corrected chi connectivity index (χ3v) is 9.84. The Bertz CT molecular complexity index is 1730. The summed E-state index contributed by atoms with van der Waals surface area (Å²) in [7, 11) is -3.27. The summed E-state index contributed by atoms with van der Waals surface area (Å²) < 4.78 is 54.8. The van der Waals surface area contributed by atoms with E-state index in [4.69, 9.17) is 24.2 Å². The van der Waals surface area contributed by atoms with E-state index in [-0.39, 0.29) is 36.9 Å². The molecule has 4 atom stereocenters. The van der Waals surface area contributed by atoms with Crippen molar-refractivity contribution < 1.29 is 55.5 Å². The van der Waals surface area contributed by atoms with Gasteiger partial charge in [-0.2, -0.15) is 8.42 Å². The summed E-state index contributed by atoms with van der Waals surface area (Å²) >= 11 is 0. The van der Waals surface area contributed by atoms with E-state index in [0.717, 1.165) is 45.3 Å². The number of fused-ring (bicyclic) bond motifs is 1. The second-order valence-electron chi connectivity index (χ2n) is 13.4. The van der Waals surface area contributed by atoms with Crippen LogP contribution >= 0.6 is 0 Å². The number of benzene rings is 1. The molecule has 17 heteroatoms. The maximum Gasteiger partial charge on any atom is 0.271 e. The number of carbonyl (C=O) groups is 3. The van der Waals surface area contributed by atoms with E-state index in [2.05, 4.69) is 19.8 Å². The van der Waals surface area contributed by atoms with Gasteiger partial charge in [-0.1, -0.05) is 0 Å². The average Bonchev–Trinajstić information content (AvgIpc) is 3.96. The highest BCUT2D eigenvalue weighted by atomic mass is 32.2. The molecule has 3 unspecified atom stereocenters. The molecule has 4 fully saturated rings. The molecule has 5 aliphatic rings. The number of anilines is 1. The summed E-state index contributed by atoms with van der Waals surface area (Å²) in [6, 6.07) is 3.32. The van der Waals surface area contributed by atoms with E-state index >= 15 is 0 Å². The van der Waals surface area contributed by atoms with E-state index in [1.165, 1.54) is 23.3 Å².